The summed E-state index contributed by atoms with van der Waals surface area (Å²) in [6.07, 6.45) is 5.07. The number of thiazole rings is 1. The van der Waals surface area contributed by atoms with Gasteiger partial charge in [-0.15, -0.1) is 11.3 Å². The number of amides is 2. The van der Waals surface area contributed by atoms with Crippen molar-refractivity contribution in [3.8, 4) is 0 Å². The van der Waals surface area contributed by atoms with Gasteiger partial charge in [0.15, 0.2) is 10.9 Å². The molecule has 4 rings (SSSR count). The summed E-state index contributed by atoms with van der Waals surface area (Å²) in [5, 5.41) is 6.13. The van der Waals surface area contributed by atoms with Crippen LogP contribution in [-0.4, -0.2) is 50.5 Å². The van der Waals surface area contributed by atoms with Gasteiger partial charge in [0.25, 0.3) is 5.91 Å². The van der Waals surface area contributed by atoms with Crippen LogP contribution in [0, 0.1) is 0 Å². The van der Waals surface area contributed by atoms with Gasteiger partial charge in [-0.2, -0.15) is 0 Å². The van der Waals surface area contributed by atoms with E-state index in [2.05, 4.69) is 25.6 Å². The van der Waals surface area contributed by atoms with Crippen LogP contribution in [0.25, 0.3) is 0 Å². The second-order valence-corrected chi connectivity index (χ2v) is 8.16. The molecule has 0 spiro atoms. The summed E-state index contributed by atoms with van der Waals surface area (Å²) in [6.45, 7) is 3.03. The molecule has 1 aliphatic rings. The SMILES string of the molecule is CC(=O)c1ccc(NC(=O)CN2CCc3nc(NC(=O)c4cnccn4)sc3C2)cc1. The van der Waals surface area contributed by atoms with Gasteiger partial charge in [-0.3, -0.25) is 29.6 Å². The molecule has 0 aliphatic carbocycles. The Morgan fingerprint density at radius 2 is 1.94 bits per heavy atom. The number of anilines is 2. The molecule has 0 saturated carbocycles. The van der Waals surface area contributed by atoms with Crippen LogP contribution in [0.2, 0.25) is 0 Å². The first-order chi connectivity index (χ1) is 15.0. The standard InChI is InChI=1S/C21H20N6O3S/c1-13(28)14-2-4-15(5-3-14)24-19(29)12-27-9-6-16-18(11-27)31-21(25-16)26-20(30)17-10-22-7-8-23-17/h2-5,7-8,10H,6,9,11-12H2,1H3,(H,24,29)(H,25,26,30). The van der Waals surface area contributed by atoms with Crippen molar-refractivity contribution in [2.75, 3.05) is 23.7 Å². The molecule has 9 nitrogen and oxygen atoms in total. The number of fused-ring (bicyclic) bond motifs is 1. The third-order valence-corrected chi connectivity index (χ3v) is 5.77. The molecule has 0 bridgehead atoms. The second kappa shape index (κ2) is 9.11. The van der Waals surface area contributed by atoms with Gasteiger partial charge in [-0.05, 0) is 31.2 Å². The van der Waals surface area contributed by atoms with Crippen LogP contribution in [0.4, 0.5) is 10.8 Å². The normalized spacial score (nSPS) is 13.3. The number of nitrogens with zero attached hydrogens (tertiary/aromatic N) is 4. The Bertz CT molecular complexity index is 1110. The molecule has 3 aromatic rings. The predicted molar refractivity (Wildman–Crippen MR) is 116 cm³/mol. The molecule has 31 heavy (non-hydrogen) atoms. The van der Waals surface area contributed by atoms with Crippen LogP contribution < -0.4 is 10.6 Å². The number of carbonyl (C=O) groups is 3. The van der Waals surface area contributed by atoms with Crippen LogP contribution in [0.15, 0.2) is 42.9 Å². The molecule has 158 valence electrons. The van der Waals surface area contributed by atoms with Crippen LogP contribution in [0.1, 0.15) is 38.3 Å². The minimum atomic E-state index is -0.355. The van der Waals surface area contributed by atoms with E-state index in [1.54, 1.807) is 24.3 Å². The van der Waals surface area contributed by atoms with Crippen molar-refractivity contribution in [3.63, 3.8) is 0 Å². The van der Waals surface area contributed by atoms with Gasteiger partial charge in [0.05, 0.1) is 18.4 Å². The molecule has 0 atom stereocenters. The summed E-state index contributed by atoms with van der Waals surface area (Å²) in [5.41, 5.74) is 2.43. The summed E-state index contributed by atoms with van der Waals surface area (Å²) in [6, 6.07) is 6.83. The number of rotatable bonds is 6. The molecule has 0 unspecified atom stereocenters. The predicted octanol–water partition coefficient (Wildman–Crippen LogP) is 2.38. The highest BCUT2D eigenvalue weighted by atomic mass is 32.1. The molecule has 2 amide bonds. The first-order valence-electron chi connectivity index (χ1n) is 9.67. The first kappa shape index (κ1) is 20.8. The van der Waals surface area contributed by atoms with Crippen molar-refractivity contribution in [1.82, 2.24) is 19.9 Å². The van der Waals surface area contributed by atoms with Crippen molar-refractivity contribution < 1.29 is 14.4 Å². The lowest BCUT2D eigenvalue weighted by Gasteiger charge is -2.25. The lowest BCUT2D eigenvalue weighted by molar-refractivity contribution is -0.117. The summed E-state index contributed by atoms with van der Waals surface area (Å²) in [7, 11) is 0. The molecule has 2 aromatic heterocycles. The monoisotopic (exact) mass is 436 g/mol. The highest BCUT2D eigenvalue weighted by Crippen LogP contribution is 2.28. The third-order valence-electron chi connectivity index (χ3n) is 4.77. The van der Waals surface area contributed by atoms with Gasteiger partial charge < -0.3 is 5.32 Å². The van der Waals surface area contributed by atoms with Gasteiger partial charge in [0, 0.05) is 48.0 Å². The van der Waals surface area contributed by atoms with Crippen molar-refractivity contribution in [1.29, 1.82) is 0 Å². The maximum atomic E-state index is 12.4. The average Bonchev–Trinajstić information content (AvgIpc) is 3.16. The topological polar surface area (TPSA) is 117 Å². The Hall–Kier alpha value is -3.50. The third kappa shape index (κ3) is 5.16. The quantitative estimate of drug-likeness (QED) is 0.570. The molecule has 10 heteroatoms. The van der Waals surface area contributed by atoms with E-state index in [9.17, 15) is 14.4 Å². The van der Waals surface area contributed by atoms with Gasteiger partial charge in [-0.25, -0.2) is 9.97 Å². The number of nitrogens with one attached hydrogen (secondary N) is 2. The average molecular weight is 436 g/mol. The minimum absolute atomic E-state index is 0.0150. The maximum Gasteiger partial charge on any atom is 0.277 e. The van der Waals surface area contributed by atoms with Crippen LogP contribution in [-0.2, 0) is 17.8 Å². The van der Waals surface area contributed by atoms with Gasteiger partial charge in [0.2, 0.25) is 5.91 Å². The zero-order valence-corrected chi connectivity index (χ0v) is 17.6. The number of aromatic nitrogens is 3. The first-order valence-corrected chi connectivity index (χ1v) is 10.5. The number of benzene rings is 1. The molecule has 2 N–H and O–H groups in total. The van der Waals surface area contributed by atoms with Crippen LogP contribution in [0.3, 0.4) is 0 Å². The van der Waals surface area contributed by atoms with Crippen molar-refractivity contribution >= 4 is 39.8 Å². The maximum absolute atomic E-state index is 12.4. The van der Waals surface area contributed by atoms with E-state index in [4.69, 9.17) is 0 Å². The molecule has 0 saturated heterocycles. The molecule has 1 aliphatic heterocycles. The number of hydrogen-bond donors (Lipinski definition) is 2. The Balaban J connectivity index is 1.33. The molecule has 0 fully saturated rings. The molecular weight excluding hydrogens is 416 g/mol. The van der Waals surface area contributed by atoms with Crippen molar-refractivity contribution in [2.24, 2.45) is 0 Å². The molecule has 1 aromatic carbocycles. The fourth-order valence-electron chi connectivity index (χ4n) is 3.21. The van der Waals surface area contributed by atoms with Gasteiger partial charge >= 0.3 is 0 Å². The van der Waals surface area contributed by atoms with Crippen molar-refractivity contribution in [2.45, 2.75) is 19.9 Å². The summed E-state index contributed by atoms with van der Waals surface area (Å²) >= 11 is 1.40. The zero-order chi connectivity index (χ0) is 21.8. The molecular formula is C21H20N6O3S. The number of hydrogen-bond acceptors (Lipinski definition) is 8. The largest absolute Gasteiger partial charge is 0.325 e. The Labute approximate surface area is 182 Å². The van der Waals surface area contributed by atoms with E-state index in [0.29, 0.717) is 35.9 Å². The molecule has 0 radical (unpaired) electrons. The fourth-order valence-corrected chi connectivity index (χ4v) is 4.25. The smallest absolute Gasteiger partial charge is 0.277 e. The lowest BCUT2D eigenvalue weighted by Crippen LogP contribution is -2.36. The Morgan fingerprint density at radius 3 is 2.65 bits per heavy atom. The van der Waals surface area contributed by atoms with E-state index in [-0.39, 0.29) is 29.8 Å². The van der Waals surface area contributed by atoms with Gasteiger partial charge in [-0.1, -0.05) is 0 Å². The van der Waals surface area contributed by atoms with Crippen LogP contribution >= 0.6 is 11.3 Å². The zero-order valence-electron chi connectivity index (χ0n) is 16.8. The van der Waals surface area contributed by atoms with Crippen molar-refractivity contribution in [3.05, 3.63) is 64.7 Å². The highest BCUT2D eigenvalue weighted by molar-refractivity contribution is 7.15. The van der Waals surface area contributed by atoms with E-state index in [1.807, 2.05) is 4.90 Å². The van der Waals surface area contributed by atoms with Gasteiger partial charge in [0.1, 0.15) is 5.69 Å². The van der Waals surface area contributed by atoms with E-state index in [0.717, 1.165) is 10.6 Å². The number of Topliss-reactive ketones (excluding diaryl/α,β-unsaturated/α-hetero) is 1. The fraction of sp³-hybridized carbons (Fsp3) is 0.238. The van der Waals surface area contributed by atoms with E-state index >= 15 is 0 Å². The van der Waals surface area contributed by atoms with Crippen LogP contribution in [0.5, 0.6) is 0 Å². The summed E-state index contributed by atoms with van der Waals surface area (Å²) in [5.74, 6) is -0.496. The summed E-state index contributed by atoms with van der Waals surface area (Å²) in [4.78, 5) is 51.4. The Kier molecular flexibility index (Phi) is 6.10. The number of ketones is 1. The summed E-state index contributed by atoms with van der Waals surface area (Å²) < 4.78 is 0. The lowest BCUT2D eigenvalue weighted by atomic mass is 10.1. The number of carbonyl (C=O) groups excluding carboxylic acids is 3. The molecule has 3 heterocycles. The minimum Gasteiger partial charge on any atom is -0.325 e. The highest BCUT2D eigenvalue weighted by Gasteiger charge is 2.23. The second-order valence-electron chi connectivity index (χ2n) is 7.08. The van der Waals surface area contributed by atoms with E-state index in [1.165, 1.54) is 36.9 Å². The van der Waals surface area contributed by atoms with E-state index < -0.39 is 0 Å². The Morgan fingerprint density at radius 1 is 1.13 bits per heavy atom.